The Balaban J connectivity index is 1.77. The van der Waals surface area contributed by atoms with E-state index in [-0.39, 0.29) is 35.4 Å². The summed E-state index contributed by atoms with van der Waals surface area (Å²) < 4.78 is 31.2. The molecule has 1 aliphatic carbocycles. The van der Waals surface area contributed by atoms with Gasteiger partial charge in [-0.05, 0) is 12.8 Å². The molecule has 1 aliphatic rings. The number of nitrogens with zero attached hydrogens (tertiary/aromatic N) is 4. The number of rotatable bonds is 2. The number of H-pyrrole nitrogens is 1. The first-order chi connectivity index (χ1) is 9.05. The molecule has 3 rings (SSSR count). The number of hydrogen-bond acceptors (Lipinski definition) is 5. The molecule has 0 saturated heterocycles. The molecule has 2 aromatic heterocycles. The monoisotopic (exact) mass is 289 g/mol. The summed E-state index contributed by atoms with van der Waals surface area (Å²) in [6, 6.07) is 0. The van der Waals surface area contributed by atoms with Crippen LogP contribution in [0.4, 0.5) is 8.78 Å². The first-order valence-corrected chi connectivity index (χ1v) is 6.21. The van der Waals surface area contributed by atoms with Crippen molar-refractivity contribution in [2.45, 2.75) is 37.5 Å². The van der Waals surface area contributed by atoms with Crippen LogP contribution in [0.3, 0.4) is 0 Å². The van der Waals surface area contributed by atoms with Gasteiger partial charge in [0.1, 0.15) is 0 Å². The molecule has 102 valence electrons. The molecule has 0 bridgehead atoms. The Hall–Kier alpha value is -1.57. The molecule has 1 fully saturated rings. The zero-order chi connectivity index (χ0) is 13.5. The third-order valence-corrected chi connectivity index (χ3v) is 3.49. The summed E-state index contributed by atoms with van der Waals surface area (Å²) in [5.41, 5.74) is 0.290. The number of aromatic amines is 1. The number of nitrogens with one attached hydrogen (secondary N) is 1. The molecular formula is C10H10ClF2N5O. The SMILES string of the molecule is FC1(F)CCC(c2nc(-c3n[nH]nc3Cl)no2)CC1. The molecule has 0 aromatic carbocycles. The van der Waals surface area contributed by atoms with Crippen molar-refractivity contribution < 1.29 is 13.3 Å². The van der Waals surface area contributed by atoms with Crippen LogP contribution < -0.4 is 0 Å². The van der Waals surface area contributed by atoms with Gasteiger partial charge in [-0.2, -0.15) is 15.3 Å². The van der Waals surface area contributed by atoms with Gasteiger partial charge in [0.15, 0.2) is 10.8 Å². The standard InChI is InChI=1S/C10H10ClF2N5O/c11-7-6(15-18-16-7)8-14-9(19-17-8)5-1-3-10(12,13)4-2-5/h5H,1-4H2,(H,15,16,18). The lowest BCUT2D eigenvalue weighted by Crippen LogP contribution is -2.23. The van der Waals surface area contributed by atoms with Crippen LogP contribution in [-0.2, 0) is 0 Å². The zero-order valence-corrected chi connectivity index (χ0v) is 10.5. The average molecular weight is 290 g/mol. The van der Waals surface area contributed by atoms with Crippen molar-refractivity contribution in [2.24, 2.45) is 0 Å². The largest absolute Gasteiger partial charge is 0.339 e. The zero-order valence-electron chi connectivity index (χ0n) is 9.74. The Morgan fingerprint density at radius 3 is 2.63 bits per heavy atom. The van der Waals surface area contributed by atoms with Crippen LogP contribution in [0, 0.1) is 0 Å². The van der Waals surface area contributed by atoms with Gasteiger partial charge in [-0.3, -0.25) is 0 Å². The summed E-state index contributed by atoms with van der Waals surface area (Å²) in [6.45, 7) is 0. The molecule has 0 spiro atoms. The molecule has 9 heteroatoms. The van der Waals surface area contributed by atoms with Gasteiger partial charge in [0, 0.05) is 18.8 Å². The Labute approximate surface area is 111 Å². The van der Waals surface area contributed by atoms with Crippen molar-refractivity contribution in [2.75, 3.05) is 0 Å². The summed E-state index contributed by atoms with van der Waals surface area (Å²) in [7, 11) is 0. The molecule has 0 radical (unpaired) electrons. The van der Waals surface area contributed by atoms with E-state index in [9.17, 15) is 8.78 Å². The van der Waals surface area contributed by atoms with Gasteiger partial charge in [-0.1, -0.05) is 16.8 Å². The first kappa shape index (κ1) is 12.5. The fraction of sp³-hybridized carbons (Fsp3) is 0.600. The highest BCUT2D eigenvalue weighted by atomic mass is 35.5. The van der Waals surface area contributed by atoms with E-state index in [0.717, 1.165) is 0 Å². The maximum Gasteiger partial charge on any atom is 0.248 e. The maximum atomic E-state index is 13.1. The second-order valence-corrected chi connectivity index (χ2v) is 4.91. The van der Waals surface area contributed by atoms with Crippen LogP contribution in [0.1, 0.15) is 37.5 Å². The van der Waals surface area contributed by atoms with Crippen molar-refractivity contribution in [1.29, 1.82) is 0 Å². The molecule has 0 aliphatic heterocycles. The Morgan fingerprint density at radius 1 is 1.26 bits per heavy atom. The molecule has 2 aromatic rings. The summed E-state index contributed by atoms with van der Waals surface area (Å²) in [4.78, 5) is 4.16. The smallest absolute Gasteiger partial charge is 0.248 e. The Bertz CT molecular complexity index is 574. The van der Waals surface area contributed by atoms with Crippen LogP contribution >= 0.6 is 11.6 Å². The summed E-state index contributed by atoms with van der Waals surface area (Å²) in [5.74, 6) is -2.14. The Morgan fingerprint density at radius 2 is 2.00 bits per heavy atom. The van der Waals surface area contributed by atoms with Crippen molar-refractivity contribution in [3.8, 4) is 11.5 Å². The average Bonchev–Trinajstić information content (AvgIpc) is 2.97. The highest BCUT2D eigenvalue weighted by Gasteiger charge is 2.37. The minimum atomic E-state index is -2.57. The van der Waals surface area contributed by atoms with Gasteiger partial charge < -0.3 is 4.52 Å². The van der Waals surface area contributed by atoms with E-state index in [1.165, 1.54) is 0 Å². The predicted octanol–water partition coefficient (Wildman–Crippen LogP) is 2.80. The molecular weight excluding hydrogens is 280 g/mol. The first-order valence-electron chi connectivity index (χ1n) is 5.83. The van der Waals surface area contributed by atoms with Gasteiger partial charge >= 0.3 is 0 Å². The maximum absolute atomic E-state index is 13.1. The number of hydrogen-bond donors (Lipinski definition) is 1. The third-order valence-electron chi connectivity index (χ3n) is 3.23. The van der Waals surface area contributed by atoms with E-state index < -0.39 is 5.92 Å². The van der Waals surface area contributed by atoms with Crippen LogP contribution in [0.2, 0.25) is 5.15 Å². The van der Waals surface area contributed by atoms with E-state index in [4.69, 9.17) is 16.1 Å². The third kappa shape index (κ3) is 2.44. The van der Waals surface area contributed by atoms with Gasteiger partial charge in [0.25, 0.3) is 0 Å². The summed E-state index contributed by atoms with van der Waals surface area (Å²) >= 11 is 5.78. The molecule has 1 N–H and O–H groups in total. The van der Waals surface area contributed by atoms with Gasteiger partial charge in [-0.25, -0.2) is 8.78 Å². The minimum absolute atomic E-state index is 0.133. The van der Waals surface area contributed by atoms with E-state index in [1.807, 2.05) is 0 Å². The second-order valence-electron chi connectivity index (χ2n) is 4.55. The highest BCUT2D eigenvalue weighted by Crippen LogP contribution is 2.40. The lowest BCUT2D eigenvalue weighted by atomic mass is 9.87. The van der Waals surface area contributed by atoms with Crippen LogP contribution in [0.5, 0.6) is 0 Å². The second kappa shape index (κ2) is 4.52. The fourth-order valence-electron chi connectivity index (χ4n) is 2.14. The van der Waals surface area contributed by atoms with Gasteiger partial charge in [0.05, 0.1) is 0 Å². The predicted molar refractivity (Wildman–Crippen MR) is 60.8 cm³/mol. The molecule has 6 nitrogen and oxygen atoms in total. The lowest BCUT2D eigenvalue weighted by Gasteiger charge is -2.25. The molecule has 0 amide bonds. The normalized spacial score (nSPS) is 19.7. The molecule has 0 unspecified atom stereocenters. The van der Waals surface area contributed by atoms with Crippen LogP contribution in [0.15, 0.2) is 4.52 Å². The highest BCUT2D eigenvalue weighted by molar-refractivity contribution is 6.31. The molecule has 19 heavy (non-hydrogen) atoms. The number of alkyl halides is 2. The quantitative estimate of drug-likeness (QED) is 0.919. The van der Waals surface area contributed by atoms with Crippen LogP contribution in [0.25, 0.3) is 11.5 Å². The van der Waals surface area contributed by atoms with E-state index >= 15 is 0 Å². The minimum Gasteiger partial charge on any atom is -0.339 e. The molecule has 0 atom stereocenters. The van der Waals surface area contributed by atoms with Crippen molar-refractivity contribution in [3.63, 3.8) is 0 Å². The lowest BCUT2D eigenvalue weighted by molar-refractivity contribution is -0.0402. The van der Waals surface area contributed by atoms with E-state index in [1.54, 1.807) is 0 Å². The van der Waals surface area contributed by atoms with Crippen molar-refractivity contribution in [3.05, 3.63) is 11.0 Å². The Kier molecular flexibility index (Phi) is 2.96. The van der Waals surface area contributed by atoms with Crippen molar-refractivity contribution in [1.82, 2.24) is 25.6 Å². The number of aromatic nitrogens is 5. The van der Waals surface area contributed by atoms with Gasteiger partial charge in [0.2, 0.25) is 17.6 Å². The summed E-state index contributed by atoms with van der Waals surface area (Å²) in [5, 5.41) is 13.7. The summed E-state index contributed by atoms with van der Waals surface area (Å²) in [6.07, 6.45) is 0.364. The van der Waals surface area contributed by atoms with E-state index in [2.05, 4.69) is 25.6 Å². The molecule has 2 heterocycles. The topological polar surface area (TPSA) is 80.5 Å². The van der Waals surface area contributed by atoms with Crippen molar-refractivity contribution >= 4 is 11.6 Å². The van der Waals surface area contributed by atoms with Crippen LogP contribution in [-0.4, -0.2) is 31.5 Å². The number of halogens is 3. The fourth-order valence-corrected chi connectivity index (χ4v) is 2.31. The van der Waals surface area contributed by atoms with Gasteiger partial charge in [-0.15, -0.1) is 5.10 Å². The molecule has 1 saturated carbocycles. The van der Waals surface area contributed by atoms with E-state index in [0.29, 0.717) is 18.7 Å².